The van der Waals surface area contributed by atoms with Crippen LogP contribution in [0.15, 0.2) is 36.5 Å². The molecule has 1 aromatic heterocycles. The van der Waals surface area contributed by atoms with Gasteiger partial charge in [-0.1, -0.05) is 18.2 Å². The maximum Gasteiger partial charge on any atom is 0.319 e. The minimum atomic E-state index is -0.852. The van der Waals surface area contributed by atoms with Crippen LogP contribution in [0.4, 0.5) is 10.5 Å². The van der Waals surface area contributed by atoms with Crippen molar-refractivity contribution in [1.29, 1.82) is 0 Å². The van der Waals surface area contributed by atoms with Gasteiger partial charge < -0.3 is 15.7 Å². The van der Waals surface area contributed by atoms with Gasteiger partial charge in [0.15, 0.2) is 0 Å². The first-order chi connectivity index (χ1) is 10.1. The summed E-state index contributed by atoms with van der Waals surface area (Å²) in [6, 6.07) is 8.83. The third-order valence-corrected chi connectivity index (χ3v) is 3.78. The van der Waals surface area contributed by atoms with Gasteiger partial charge in [-0.25, -0.2) is 4.79 Å². The minimum Gasteiger partial charge on any atom is -0.481 e. The number of aliphatic carboxylic acids is 1. The van der Waals surface area contributed by atoms with Crippen molar-refractivity contribution in [3.8, 4) is 0 Å². The van der Waals surface area contributed by atoms with E-state index in [1.165, 1.54) is 0 Å². The fourth-order valence-corrected chi connectivity index (χ4v) is 2.24. The summed E-state index contributed by atoms with van der Waals surface area (Å²) in [5.41, 5.74) is 0.536. The molecule has 1 fully saturated rings. The molecule has 0 spiro atoms. The molecule has 0 saturated heterocycles. The van der Waals surface area contributed by atoms with Crippen LogP contribution in [0.1, 0.15) is 12.8 Å². The highest BCUT2D eigenvalue weighted by atomic mass is 16.4. The third kappa shape index (κ3) is 2.65. The second-order valence-electron chi connectivity index (χ2n) is 5.27. The van der Waals surface area contributed by atoms with E-state index in [4.69, 9.17) is 5.11 Å². The van der Waals surface area contributed by atoms with Crippen LogP contribution >= 0.6 is 0 Å². The monoisotopic (exact) mass is 285 g/mol. The lowest BCUT2D eigenvalue weighted by molar-refractivity contribution is -0.143. The van der Waals surface area contributed by atoms with Gasteiger partial charge in [-0.15, -0.1) is 0 Å². The lowest BCUT2D eigenvalue weighted by Gasteiger charge is -2.12. The van der Waals surface area contributed by atoms with Crippen LogP contribution in [0.2, 0.25) is 0 Å². The van der Waals surface area contributed by atoms with Crippen LogP contribution in [0.3, 0.4) is 0 Å². The number of rotatable bonds is 4. The number of urea groups is 1. The number of para-hydroxylation sites is 1. The lowest BCUT2D eigenvalue weighted by atomic mass is 10.1. The number of carboxylic acid groups (broad SMARTS) is 1. The van der Waals surface area contributed by atoms with E-state index >= 15 is 0 Å². The number of carboxylic acids is 1. The van der Waals surface area contributed by atoms with Crippen LogP contribution in [0, 0.1) is 5.41 Å². The van der Waals surface area contributed by atoms with E-state index in [1.54, 1.807) is 12.3 Å². The summed E-state index contributed by atoms with van der Waals surface area (Å²) in [6.07, 6.45) is 2.88. The Balaban J connectivity index is 1.68. The van der Waals surface area contributed by atoms with Crippen LogP contribution < -0.4 is 10.6 Å². The van der Waals surface area contributed by atoms with E-state index in [9.17, 15) is 9.59 Å². The molecule has 3 N–H and O–H groups in total. The normalized spacial score (nSPS) is 15.4. The van der Waals surface area contributed by atoms with Gasteiger partial charge in [0.1, 0.15) is 0 Å². The van der Waals surface area contributed by atoms with Crippen LogP contribution in [0.25, 0.3) is 10.9 Å². The Morgan fingerprint density at radius 2 is 2.00 bits per heavy atom. The van der Waals surface area contributed by atoms with E-state index in [0.717, 1.165) is 5.39 Å². The van der Waals surface area contributed by atoms with Gasteiger partial charge in [0.05, 0.1) is 16.6 Å². The molecule has 1 saturated carbocycles. The molecule has 0 bridgehead atoms. The molecule has 108 valence electrons. The summed E-state index contributed by atoms with van der Waals surface area (Å²) >= 11 is 0. The van der Waals surface area contributed by atoms with Crippen LogP contribution in [-0.2, 0) is 4.79 Å². The van der Waals surface area contributed by atoms with Gasteiger partial charge in [-0.3, -0.25) is 9.78 Å². The summed E-state index contributed by atoms with van der Waals surface area (Å²) in [7, 11) is 0. The molecule has 0 radical (unpaired) electrons. The first kappa shape index (κ1) is 13.4. The molecule has 1 aliphatic carbocycles. The minimum absolute atomic E-state index is 0.145. The van der Waals surface area contributed by atoms with Crippen molar-refractivity contribution in [2.75, 3.05) is 11.9 Å². The number of nitrogens with one attached hydrogen (secondary N) is 2. The number of anilines is 1. The van der Waals surface area contributed by atoms with E-state index in [1.807, 2.05) is 24.3 Å². The standard InChI is InChI=1S/C15H15N3O3/c19-13(20)15(6-7-15)9-17-14(21)18-11-5-1-3-10-4-2-8-16-12(10)11/h1-5,8H,6-7,9H2,(H,19,20)(H2,17,18,21). The second kappa shape index (κ2) is 5.05. The Morgan fingerprint density at radius 3 is 2.71 bits per heavy atom. The predicted molar refractivity (Wildman–Crippen MR) is 78.1 cm³/mol. The number of aromatic nitrogens is 1. The molecule has 2 aromatic rings. The Labute approximate surface area is 121 Å². The van der Waals surface area contributed by atoms with Gasteiger partial charge in [0.2, 0.25) is 0 Å². The maximum absolute atomic E-state index is 11.9. The fourth-order valence-electron chi connectivity index (χ4n) is 2.24. The smallest absolute Gasteiger partial charge is 0.319 e. The van der Waals surface area contributed by atoms with E-state index in [0.29, 0.717) is 24.0 Å². The molecule has 3 rings (SSSR count). The zero-order chi connectivity index (χ0) is 14.9. The maximum atomic E-state index is 11.9. The molecule has 1 aromatic carbocycles. The summed E-state index contributed by atoms with van der Waals surface area (Å²) in [5.74, 6) is -0.852. The molecule has 0 unspecified atom stereocenters. The van der Waals surface area contributed by atoms with Crippen molar-refractivity contribution in [2.45, 2.75) is 12.8 Å². The molecular formula is C15H15N3O3. The summed E-state index contributed by atoms with van der Waals surface area (Å²) < 4.78 is 0. The topological polar surface area (TPSA) is 91.3 Å². The Bertz CT molecular complexity index is 705. The quantitative estimate of drug-likeness (QED) is 0.803. The van der Waals surface area contributed by atoms with Crippen molar-refractivity contribution in [3.63, 3.8) is 0 Å². The molecule has 0 aliphatic heterocycles. The zero-order valence-corrected chi connectivity index (χ0v) is 11.3. The number of hydrogen-bond donors (Lipinski definition) is 3. The zero-order valence-electron chi connectivity index (χ0n) is 11.3. The lowest BCUT2D eigenvalue weighted by Crippen LogP contribution is -2.36. The number of nitrogens with zero attached hydrogens (tertiary/aromatic N) is 1. The number of carbonyl (C=O) groups excluding carboxylic acids is 1. The number of carbonyl (C=O) groups is 2. The van der Waals surface area contributed by atoms with Crippen molar-refractivity contribution < 1.29 is 14.7 Å². The third-order valence-electron chi connectivity index (χ3n) is 3.78. The van der Waals surface area contributed by atoms with Gasteiger partial charge in [-0.05, 0) is 25.0 Å². The fraction of sp³-hybridized carbons (Fsp3) is 0.267. The van der Waals surface area contributed by atoms with Crippen LogP contribution in [0.5, 0.6) is 0 Å². The highest BCUT2D eigenvalue weighted by Gasteiger charge is 2.50. The molecule has 1 heterocycles. The first-order valence-electron chi connectivity index (χ1n) is 6.73. The average Bonchev–Trinajstić information content (AvgIpc) is 3.27. The van der Waals surface area contributed by atoms with E-state index < -0.39 is 17.4 Å². The number of hydrogen-bond acceptors (Lipinski definition) is 3. The molecule has 1 aliphatic rings. The molecule has 0 atom stereocenters. The highest BCUT2D eigenvalue weighted by Crippen LogP contribution is 2.45. The van der Waals surface area contributed by atoms with Crippen molar-refractivity contribution in [2.24, 2.45) is 5.41 Å². The van der Waals surface area contributed by atoms with Gasteiger partial charge in [0.25, 0.3) is 0 Å². The number of benzene rings is 1. The van der Waals surface area contributed by atoms with E-state index in [2.05, 4.69) is 15.6 Å². The summed E-state index contributed by atoms with van der Waals surface area (Å²) in [5, 5.41) is 15.3. The molecular weight excluding hydrogens is 270 g/mol. The van der Waals surface area contributed by atoms with Gasteiger partial charge >= 0.3 is 12.0 Å². The second-order valence-corrected chi connectivity index (χ2v) is 5.27. The Morgan fingerprint density at radius 1 is 1.24 bits per heavy atom. The Hall–Kier alpha value is -2.63. The SMILES string of the molecule is O=C(NCC1(C(=O)O)CC1)Nc1cccc2cccnc12. The van der Waals surface area contributed by atoms with E-state index in [-0.39, 0.29) is 6.54 Å². The highest BCUT2D eigenvalue weighted by molar-refractivity contribution is 5.99. The molecule has 2 amide bonds. The molecule has 6 nitrogen and oxygen atoms in total. The largest absolute Gasteiger partial charge is 0.481 e. The van der Waals surface area contributed by atoms with Crippen molar-refractivity contribution in [1.82, 2.24) is 10.3 Å². The Kier molecular flexibility index (Phi) is 3.21. The van der Waals surface area contributed by atoms with Crippen LogP contribution in [-0.4, -0.2) is 28.6 Å². The number of pyridine rings is 1. The molecule has 21 heavy (non-hydrogen) atoms. The molecule has 6 heteroatoms. The predicted octanol–water partition coefficient (Wildman–Crippen LogP) is 2.22. The summed E-state index contributed by atoms with van der Waals surface area (Å²) in [4.78, 5) is 27.2. The van der Waals surface area contributed by atoms with Crippen molar-refractivity contribution >= 4 is 28.6 Å². The van der Waals surface area contributed by atoms with Crippen molar-refractivity contribution in [3.05, 3.63) is 36.5 Å². The average molecular weight is 285 g/mol. The van der Waals surface area contributed by atoms with Gasteiger partial charge in [-0.2, -0.15) is 0 Å². The first-order valence-corrected chi connectivity index (χ1v) is 6.73. The van der Waals surface area contributed by atoms with Gasteiger partial charge in [0, 0.05) is 18.1 Å². The number of fused-ring (bicyclic) bond motifs is 1. The number of amides is 2. The summed E-state index contributed by atoms with van der Waals surface area (Å²) in [6.45, 7) is 0.145.